The van der Waals surface area contributed by atoms with Gasteiger partial charge in [-0.25, -0.2) is 4.98 Å². The van der Waals surface area contributed by atoms with Crippen molar-refractivity contribution in [1.82, 2.24) is 19.9 Å². The highest BCUT2D eigenvalue weighted by Crippen LogP contribution is 2.36. The van der Waals surface area contributed by atoms with Crippen LogP contribution in [-0.4, -0.2) is 46.0 Å². The van der Waals surface area contributed by atoms with Gasteiger partial charge in [-0.1, -0.05) is 46.4 Å². The normalized spacial score (nSPS) is 15.5. The Kier molecular flexibility index (Phi) is 6.23. The molecule has 25 heavy (non-hydrogen) atoms. The van der Waals surface area contributed by atoms with Gasteiger partial charge < -0.3 is 10.2 Å². The van der Waals surface area contributed by atoms with Crippen LogP contribution in [0.25, 0.3) is 11.4 Å². The summed E-state index contributed by atoms with van der Waals surface area (Å²) in [5.41, 5.74) is 0.768. The number of nitrogens with one attached hydrogen (secondary N) is 1. The Bertz CT molecular complexity index is 711. The van der Waals surface area contributed by atoms with Crippen LogP contribution in [0.3, 0.4) is 0 Å². The van der Waals surface area contributed by atoms with Gasteiger partial charge >= 0.3 is 0 Å². The molecule has 1 N–H and O–H groups in total. The molecule has 0 radical (unpaired) electrons. The standard InChI is InChI=1S/C16H17Cl4N5/c17-12-5-3-11(4-6-12)13-22-14(16(18,19)20)24-15(23-13)21-7-10-25-8-1-2-9-25/h3-6H,1-2,7-10H2,(H,21,22,23,24). The molecule has 0 unspecified atom stereocenters. The van der Waals surface area contributed by atoms with E-state index in [1.54, 1.807) is 12.1 Å². The van der Waals surface area contributed by atoms with Gasteiger partial charge in [0.15, 0.2) is 11.6 Å². The molecule has 3 rings (SSSR count). The van der Waals surface area contributed by atoms with E-state index in [1.807, 2.05) is 12.1 Å². The topological polar surface area (TPSA) is 53.9 Å². The Labute approximate surface area is 166 Å². The molecule has 0 aliphatic carbocycles. The van der Waals surface area contributed by atoms with Gasteiger partial charge in [-0.15, -0.1) is 0 Å². The maximum atomic E-state index is 5.97. The third-order valence-electron chi connectivity index (χ3n) is 3.90. The van der Waals surface area contributed by atoms with Crippen LogP contribution in [0.2, 0.25) is 5.02 Å². The molecule has 1 saturated heterocycles. The number of aromatic nitrogens is 3. The smallest absolute Gasteiger partial charge is 0.250 e. The first-order valence-electron chi connectivity index (χ1n) is 7.97. The SMILES string of the molecule is Clc1ccc(-c2nc(NCCN3CCCC3)nc(C(Cl)(Cl)Cl)n2)cc1. The van der Waals surface area contributed by atoms with Gasteiger partial charge in [0.2, 0.25) is 9.74 Å². The maximum absolute atomic E-state index is 5.97. The van der Waals surface area contributed by atoms with Crippen molar-refractivity contribution in [1.29, 1.82) is 0 Å². The van der Waals surface area contributed by atoms with E-state index in [0.717, 1.165) is 25.2 Å². The zero-order chi connectivity index (χ0) is 17.9. The van der Waals surface area contributed by atoms with Gasteiger partial charge in [0.05, 0.1) is 0 Å². The van der Waals surface area contributed by atoms with Crippen LogP contribution in [0.15, 0.2) is 24.3 Å². The number of hydrogen-bond acceptors (Lipinski definition) is 5. The fourth-order valence-electron chi connectivity index (χ4n) is 2.64. The monoisotopic (exact) mass is 419 g/mol. The predicted molar refractivity (Wildman–Crippen MR) is 104 cm³/mol. The molecule has 0 amide bonds. The lowest BCUT2D eigenvalue weighted by Crippen LogP contribution is -2.26. The lowest BCUT2D eigenvalue weighted by atomic mass is 10.2. The summed E-state index contributed by atoms with van der Waals surface area (Å²) in [6.45, 7) is 3.90. The summed E-state index contributed by atoms with van der Waals surface area (Å²) < 4.78 is -1.73. The van der Waals surface area contributed by atoms with Gasteiger partial charge in [-0.05, 0) is 50.2 Å². The Morgan fingerprint density at radius 1 is 1.00 bits per heavy atom. The van der Waals surface area contributed by atoms with E-state index in [9.17, 15) is 0 Å². The lowest BCUT2D eigenvalue weighted by Gasteiger charge is -2.16. The molecule has 9 heteroatoms. The summed E-state index contributed by atoms with van der Waals surface area (Å²) in [7, 11) is 0. The van der Waals surface area contributed by atoms with Crippen LogP contribution >= 0.6 is 46.4 Å². The van der Waals surface area contributed by atoms with Crippen molar-refractivity contribution >= 4 is 52.4 Å². The number of nitrogens with zero attached hydrogens (tertiary/aromatic N) is 4. The molecule has 5 nitrogen and oxygen atoms in total. The summed E-state index contributed by atoms with van der Waals surface area (Å²) >= 11 is 23.9. The molecule has 1 aliphatic rings. The third kappa shape index (κ3) is 5.31. The number of benzene rings is 1. The molecule has 0 atom stereocenters. The Morgan fingerprint density at radius 2 is 1.68 bits per heavy atom. The predicted octanol–water partition coefficient (Wildman–Crippen LogP) is 4.53. The largest absolute Gasteiger partial charge is 0.353 e. The molecule has 1 aromatic carbocycles. The molecular formula is C16H17Cl4N5. The summed E-state index contributed by atoms with van der Waals surface area (Å²) in [6.07, 6.45) is 2.51. The molecule has 1 aromatic heterocycles. The Balaban J connectivity index is 1.80. The number of alkyl halides is 3. The van der Waals surface area contributed by atoms with Gasteiger partial charge in [0.1, 0.15) is 0 Å². The molecule has 0 saturated carbocycles. The van der Waals surface area contributed by atoms with Crippen molar-refractivity contribution in [3.8, 4) is 11.4 Å². The summed E-state index contributed by atoms with van der Waals surface area (Å²) in [5, 5.41) is 3.83. The summed E-state index contributed by atoms with van der Waals surface area (Å²) in [5.74, 6) is 0.901. The first-order chi connectivity index (χ1) is 11.9. The Hall–Kier alpha value is -0.850. The average molecular weight is 421 g/mol. The van der Waals surface area contributed by atoms with E-state index in [-0.39, 0.29) is 5.82 Å². The van der Waals surface area contributed by atoms with E-state index in [0.29, 0.717) is 23.3 Å². The molecule has 134 valence electrons. The minimum absolute atomic E-state index is 0.0844. The van der Waals surface area contributed by atoms with E-state index < -0.39 is 3.79 Å². The van der Waals surface area contributed by atoms with Gasteiger partial charge in [-0.3, -0.25) is 0 Å². The average Bonchev–Trinajstić information content (AvgIpc) is 3.08. The molecule has 0 bridgehead atoms. The number of hydrogen-bond donors (Lipinski definition) is 1. The molecular weight excluding hydrogens is 404 g/mol. The van der Waals surface area contributed by atoms with Crippen molar-refractivity contribution in [2.45, 2.75) is 16.6 Å². The zero-order valence-corrected chi connectivity index (χ0v) is 16.4. The highest BCUT2D eigenvalue weighted by Gasteiger charge is 2.28. The number of rotatable bonds is 5. The molecule has 1 aliphatic heterocycles. The van der Waals surface area contributed by atoms with Gasteiger partial charge in [0.25, 0.3) is 0 Å². The van der Waals surface area contributed by atoms with Crippen molar-refractivity contribution in [2.24, 2.45) is 0 Å². The minimum atomic E-state index is -1.73. The van der Waals surface area contributed by atoms with Crippen molar-refractivity contribution < 1.29 is 0 Å². The second-order valence-corrected chi connectivity index (χ2v) is 8.50. The van der Waals surface area contributed by atoms with Crippen LogP contribution in [0.1, 0.15) is 18.7 Å². The highest BCUT2D eigenvalue weighted by molar-refractivity contribution is 6.66. The first-order valence-corrected chi connectivity index (χ1v) is 9.48. The van der Waals surface area contributed by atoms with Crippen molar-refractivity contribution in [3.05, 3.63) is 35.1 Å². The molecule has 0 spiro atoms. The molecule has 2 aromatic rings. The third-order valence-corrected chi connectivity index (χ3v) is 4.66. The van der Waals surface area contributed by atoms with Crippen molar-refractivity contribution in [2.75, 3.05) is 31.5 Å². The van der Waals surface area contributed by atoms with Crippen LogP contribution < -0.4 is 5.32 Å². The van der Waals surface area contributed by atoms with Crippen LogP contribution in [0.5, 0.6) is 0 Å². The fourth-order valence-corrected chi connectivity index (χ4v) is 3.02. The van der Waals surface area contributed by atoms with E-state index >= 15 is 0 Å². The lowest BCUT2D eigenvalue weighted by molar-refractivity contribution is 0.352. The number of likely N-dealkylation sites (tertiary alicyclic amines) is 1. The Morgan fingerprint density at radius 3 is 2.32 bits per heavy atom. The quantitative estimate of drug-likeness (QED) is 0.720. The van der Waals surface area contributed by atoms with E-state index in [2.05, 4.69) is 25.2 Å². The second kappa shape index (κ2) is 8.23. The van der Waals surface area contributed by atoms with Gasteiger partial charge in [0, 0.05) is 23.7 Å². The fraction of sp³-hybridized carbons (Fsp3) is 0.438. The second-order valence-electron chi connectivity index (χ2n) is 5.79. The van der Waals surface area contributed by atoms with Crippen molar-refractivity contribution in [3.63, 3.8) is 0 Å². The maximum Gasteiger partial charge on any atom is 0.250 e. The first kappa shape index (κ1) is 18.9. The zero-order valence-electron chi connectivity index (χ0n) is 13.4. The van der Waals surface area contributed by atoms with E-state index in [4.69, 9.17) is 46.4 Å². The number of halogens is 4. The molecule has 2 heterocycles. The highest BCUT2D eigenvalue weighted by atomic mass is 35.6. The van der Waals surface area contributed by atoms with Crippen LogP contribution in [-0.2, 0) is 3.79 Å². The summed E-state index contributed by atoms with van der Waals surface area (Å²) in [4.78, 5) is 15.3. The van der Waals surface area contributed by atoms with Crippen LogP contribution in [0.4, 0.5) is 5.95 Å². The van der Waals surface area contributed by atoms with Crippen LogP contribution in [0, 0.1) is 0 Å². The van der Waals surface area contributed by atoms with Gasteiger partial charge in [-0.2, -0.15) is 9.97 Å². The minimum Gasteiger partial charge on any atom is -0.353 e. The molecule has 1 fully saturated rings. The number of anilines is 1. The summed E-state index contributed by atoms with van der Waals surface area (Å²) in [6, 6.07) is 7.15. The van der Waals surface area contributed by atoms with E-state index in [1.165, 1.54) is 12.8 Å².